The summed E-state index contributed by atoms with van der Waals surface area (Å²) >= 11 is 0.443. The third-order valence-corrected chi connectivity index (χ3v) is 1.77. The SMILES string of the molecule is O=C(O)c1ccccc1SO. The minimum Gasteiger partial charge on any atom is -0.478 e. The molecule has 3 nitrogen and oxygen atoms in total. The van der Waals surface area contributed by atoms with Crippen molar-refractivity contribution in [1.29, 1.82) is 0 Å². The van der Waals surface area contributed by atoms with E-state index in [0.717, 1.165) is 0 Å². The van der Waals surface area contributed by atoms with Gasteiger partial charge >= 0.3 is 5.97 Å². The van der Waals surface area contributed by atoms with Crippen LogP contribution in [0.15, 0.2) is 29.2 Å². The summed E-state index contributed by atoms with van der Waals surface area (Å²) in [6.07, 6.45) is 0. The molecule has 0 aliphatic rings. The normalized spacial score (nSPS) is 9.55. The van der Waals surface area contributed by atoms with Crippen LogP contribution in [0.2, 0.25) is 0 Å². The maximum absolute atomic E-state index is 10.5. The molecular weight excluding hydrogens is 164 g/mol. The van der Waals surface area contributed by atoms with Crippen molar-refractivity contribution >= 4 is 18.0 Å². The molecule has 1 rings (SSSR count). The fourth-order valence-corrected chi connectivity index (χ4v) is 1.12. The Morgan fingerprint density at radius 2 is 2.00 bits per heavy atom. The lowest BCUT2D eigenvalue weighted by Gasteiger charge is -1.98. The fraction of sp³-hybridized carbons (Fsp3) is 0. The molecule has 0 spiro atoms. The molecular formula is C7H6O3S. The van der Waals surface area contributed by atoms with E-state index in [1.807, 2.05) is 0 Å². The van der Waals surface area contributed by atoms with E-state index in [1.54, 1.807) is 18.2 Å². The number of aromatic carboxylic acids is 1. The minimum absolute atomic E-state index is 0.125. The standard InChI is InChI=1S/C7H6O3S/c8-7(9)5-3-1-2-4-6(5)11-10/h1-4,10H,(H,8,9). The van der Waals surface area contributed by atoms with Crippen LogP contribution < -0.4 is 0 Å². The van der Waals surface area contributed by atoms with Crippen LogP contribution in [0.4, 0.5) is 0 Å². The van der Waals surface area contributed by atoms with Gasteiger partial charge in [-0.1, -0.05) is 12.1 Å². The zero-order valence-corrected chi connectivity index (χ0v) is 6.34. The minimum atomic E-state index is -1.03. The van der Waals surface area contributed by atoms with Gasteiger partial charge in [-0.05, 0) is 12.1 Å². The van der Waals surface area contributed by atoms with Crippen molar-refractivity contribution in [3.8, 4) is 0 Å². The van der Waals surface area contributed by atoms with E-state index in [0.29, 0.717) is 16.9 Å². The Morgan fingerprint density at radius 1 is 1.36 bits per heavy atom. The molecule has 11 heavy (non-hydrogen) atoms. The van der Waals surface area contributed by atoms with Crippen molar-refractivity contribution in [2.75, 3.05) is 0 Å². The predicted octanol–water partition coefficient (Wildman–Crippen LogP) is 1.95. The highest BCUT2D eigenvalue weighted by Crippen LogP contribution is 2.18. The molecule has 0 atom stereocenters. The zero-order valence-electron chi connectivity index (χ0n) is 5.52. The molecule has 0 saturated carbocycles. The number of carboxylic acids is 1. The highest BCUT2D eigenvalue weighted by Gasteiger charge is 2.07. The Bertz CT molecular complexity index is 272. The average Bonchev–Trinajstić information content (AvgIpc) is 2.04. The monoisotopic (exact) mass is 170 g/mol. The first-order valence-electron chi connectivity index (χ1n) is 2.89. The van der Waals surface area contributed by atoms with Crippen LogP contribution in [0.1, 0.15) is 10.4 Å². The van der Waals surface area contributed by atoms with Gasteiger partial charge < -0.3 is 9.66 Å². The lowest BCUT2D eigenvalue weighted by Crippen LogP contribution is -1.97. The van der Waals surface area contributed by atoms with Crippen LogP contribution in [0.3, 0.4) is 0 Å². The topological polar surface area (TPSA) is 57.5 Å². The summed E-state index contributed by atoms with van der Waals surface area (Å²) in [5.74, 6) is -1.03. The Balaban J connectivity index is 3.12. The molecule has 0 bridgehead atoms. The molecule has 1 aromatic rings. The van der Waals surface area contributed by atoms with E-state index in [2.05, 4.69) is 0 Å². The summed E-state index contributed by atoms with van der Waals surface area (Å²) < 4.78 is 8.62. The maximum atomic E-state index is 10.5. The zero-order chi connectivity index (χ0) is 8.27. The summed E-state index contributed by atoms with van der Waals surface area (Å²) in [5, 5.41) is 8.57. The first-order valence-corrected chi connectivity index (χ1v) is 3.67. The molecule has 0 aliphatic carbocycles. The van der Waals surface area contributed by atoms with Crippen molar-refractivity contribution in [3.05, 3.63) is 29.8 Å². The highest BCUT2D eigenvalue weighted by atomic mass is 32.2. The Labute approximate surface area is 67.9 Å². The lowest BCUT2D eigenvalue weighted by atomic mass is 10.2. The molecule has 4 heteroatoms. The Morgan fingerprint density at radius 3 is 2.45 bits per heavy atom. The number of hydrogen-bond donors (Lipinski definition) is 2. The Hall–Kier alpha value is -1.00. The molecule has 0 unspecified atom stereocenters. The molecule has 0 fully saturated rings. The van der Waals surface area contributed by atoms with E-state index in [9.17, 15) is 4.79 Å². The van der Waals surface area contributed by atoms with Gasteiger partial charge in [-0.25, -0.2) is 4.79 Å². The summed E-state index contributed by atoms with van der Waals surface area (Å²) in [4.78, 5) is 10.8. The number of carbonyl (C=O) groups is 1. The number of carboxylic acid groups (broad SMARTS) is 1. The largest absolute Gasteiger partial charge is 0.478 e. The number of benzene rings is 1. The molecule has 0 aromatic heterocycles. The first kappa shape index (κ1) is 8.10. The van der Waals surface area contributed by atoms with Crippen LogP contribution in [-0.2, 0) is 0 Å². The third kappa shape index (κ3) is 1.72. The Kier molecular flexibility index (Phi) is 2.51. The van der Waals surface area contributed by atoms with Gasteiger partial charge in [-0.15, -0.1) is 0 Å². The van der Waals surface area contributed by atoms with Crippen molar-refractivity contribution in [3.63, 3.8) is 0 Å². The molecule has 2 N–H and O–H groups in total. The van der Waals surface area contributed by atoms with E-state index in [-0.39, 0.29) is 5.56 Å². The van der Waals surface area contributed by atoms with Crippen molar-refractivity contribution in [2.45, 2.75) is 4.90 Å². The second-order valence-electron chi connectivity index (χ2n) is 1.89. The van der Waals surface area contributed by atoms with Crippen LogP contribution in [0.5, 0.6) is 0 Å². The smallest absolute Gasteiger partial charge is 0.336 e. The summed E-state index contributed by atoms with van der Waals surface area (Å²) in [6, 6.07) is 6.28. The summed E-state index contributed by atoms with van der Waals surface area (Å²) in [6.45, 7) is 0. The molecule has 0 heterocycles. The van der Waals surface area contributed by atoms with Gasteiger partial charge in [-0.3, -0.25) is 0 Å². The molecule has 0 radical (unpaired) electrons. The van der Waals surface area contributed by atoms with Gasteiger partial charge in [0.1, 0.15) is 0 Å². The molecule has 0 aliphatic heterocycles. The van der Waals surface area contributed by atoms with E-state index in [1.165, 1.54) is 6.07 Å². The fourth-order valence-electron chi connectivity index (χ4n) is 0.723. The van der Waals surface area contributed by atoms with E-state index >= 15 is 0 Å². The quantitative estimate of drug-likeness (QED) is 0.666. The predicted molar refractivity (Wildman–Crippen MR) is 41.9 cm³/mol. The van der Waals surface area contributed by atoms with Crippen molar-refractivity contribution in [1.82, 2.24) is 0 Å². The average molecular weight is 170 g/mol. The van der Waals surface area contributed by atoms with Crippen LogP contribution in [-0.4, -0.2) is 15.6 Å². The van der Waals surface area contributed by atoms with Gasteiger partial charge in [0, 0.05) is 16.9 Å². The van der Waals surface area contributed by atoms with Gasteiger partial charge in [0.15, 0.2) is 0 Å². The summed E-state index contributed by atoms with van der Waals surface area (Å²) in [7, 11) is 0. The highest BCUT2D eigenvalue weighted by molar-refractivity contribution is 7.93. The molecule has 0 saturated heterocycles. The van der Waals surface area contributed by atoms with Gasteiger partial charge in [-0.2, -0.15) is 0 Å². The van der Waals surface area contributed by atoms with Crippen molar-refractivity contribution in [2.24, 2.45) is 0 Å². The molecule has 58 valence electrons. The lowest BCUT2D eigenvalue weighted by molar-refractivity contribution is 0.0693. The number of rotatable bonds is 2. The van der Waals surface area contributed by atoms with Gasteiger partial charge in [0.05, 0.1) is 5.56 Å². The molecule has 0 amide bonds. The molecule has 1 aromatic carbocycles. The van der Waals surface area contributed by atoms with E-state index < -0.39 is 5.97 Å². The number of hydrogen-bond acceptors (Lipinski definition) is 3. The second kappa shape index (κ2) is 3.41. The van der Waals surface area contributed by atoms with Crippen LogP contribution in [0, 0.1) is 0 Å². The van der Waals surface area contributed by atoms with Gasteiger partial charge in [0.25, 0.3) is 0 Å². The van der Waals surface area contributed by atoms with Crippen LogP contribution >= 0.6 is 12.0 Å². The first-order chi connectivity index (χ1) is 5.25. The van der Waals surface area contributed by atoms with Crippen molar-refractivity contribution < 1.29 is 14.5 Å². The maximum Gasteiger partial charge on any atom is 0.336 e. The van der Waals surface area contributed by atoms with E-state index in [4.69, 9.17) is 9.66 Å². The van der Waals surface area contributed by atoms with Crippen LogP contribution in [0.25, 0.3) is 0 Å². The summed E-state index contributed by atoms with van der Waals surface area (Å²) in [5.41, 5.74) is 0.125. The third-order valence-electron chi connectivity index (χ3n) is 1.22. The van der Waals surface area contributed by atoms with Gasteiger partial charge in [0.2, 0.25) is 0 Å². The second-order valence-corrected chi connectivity index (χ2v) is 2.51.